The lowest BCUT2D eigenvalue weighted by Gasteiger charge is -1.91. The molecular formula is C7H4N2O3. The number of aliphatic imine (C=N–C) groups is 1. The number of nitrogens with zero attached hydrogens (tertiary/aromatic N) is 2. The van der Waals surface area contributed by atoms with Crippen molar-refractivity contribution in [2.75, 3.05) is 0 Å². The van der Waals surface area contributed by atoms with Gasteiger partial charge in [0.2, 0.25) is 6.08 Å². The fourth-order valence-electron chi connectivity index (χ4n) is 0.631. The van der Waals surface area contributed by atoms with Crippen LogP contribution in [0.15, 0.2) is 23.3 Å². The standard InChI is InChI=1S/C7H4N2O3/c10-4-9-5-1-2-6(7(11)12)8-3-5/h1-3H,(H,11,12). The Labute approximate surface area is 67.4 Å². The molecule has 0 bridgehead atoms. The Kier molecular flexibility index (Phi) is 2.30. The van der Waals surface area contributed by atoms with Crippen molar-refractivity contribution in [2.24, 2.45) is 4.99 Å². The van der Waals surface area contributed by atoms with E-state index in [0.717, 1.165) is 0 Å². The number of aromatic carboxylic acids is 1. The van der Waals surface area contributed by atoms with E-state index >= 15 is 0 Å². The van der Waals surface area contributed by atoms with Crippen LogP contribution < -0.4 is 0 Å². The smallest absolute Gasteiger partial charge is 0.354 e. The van der Waals surface area contributed by atoms with Crippen molar-refractivity contribution in [1.29, 1.82) is 0 Å². The minimum Gasteiger partial charge on any atom is -0.477 e. The molecule has 0 aliphatic heterocycles. The molecule has 1 aromatic heterocycles. The molecule has 1 rings (SSSR count). The molecule has 0 spiro atoms. The van der Waals surface area contributed by atoms with Crippen LogP contribution in [-0.2, 0) is 4.79 Å². The summed E-state index contributed by atoms with van der Waals surface area (Å²) in [6.07, 6.45) is 2.51. The minimum atomic E-state index is -1.11. The average Bonchev–Trinajstić information content (AvgIpc) is 2.06. The Hall–Kier alpha value is -2.00. The van der Waals surface area contributed by atoms with Crippen molar-refractivity contribution in [3.8, 4) is 0 Å². The van der Waals surface area contributed by atoms with Crippen molar-refractivity contribution < 1.29 is 14.7 Å². The molecule has 5 heteroatoms. The van der Waals surface area contributed by atoms with E-state index in [2.05, 4.69) is 9.98 Å². The van der Waals surface area contributed by atoms with Gasteiger partial charge in [0.25, 0.3) is 0 Å². The molecule has 0 saturated carbocycles. The average molecular weight is 164 g/mol. The van der Waals surface area contributed by atoms with E-state index in [-0.39, 0.29) is 11.4 Å². The summed E-state index contributed by atoms with van der Waals surface area (Å²) in [4.78, 5) is 26.8. The third-order valence-corrected chi connectivity index (χ3v) is 1.14. The van der Waals surface area contributed by atoms with Crippen LogP contribution in [0.5, 0.6) is 0 Å². The predicted octanol–water partition coefficient (Wildman–Crippen LogP) is 0.747. The van der Waals surface area contributed by atoms with Crippen molar-refractivity contribution in [3.63, 3.8) is 0 Å². The van der Waals surface area contributed by atoms with Crippen LogP contribution in [0.2, 0.25) is 0 Å². The maximum Gasteiger partial charge on any atom is 0.354 e. The summed E-state index contributed by atoms with van der Waals surface area (Å²) in [5.41, 5.74) is 0.204. The zero-order valence-electron chi connectivity index (χ0n) is 5.89. The second kappa shape index (κ2) is 3.41. The third-order valence-electron chi connectivity index (χ3n) is 1.14. The van der Waals surface area contributed by atoms with Gasteiger partial charge < -0.3 is 5.11 Å². The normalized spacial score (nSPS) is 8.67. The van der Waals surface area contributed by atoms with Gasteiger partial charge in [0.05, 0.1) is 11.9 Å². The maximum absolute atomic E-state index is 10.3. The molecule has 0 aromatic carbocycles. The summed E-state index contributed by atoms with van der Waals surface area (Å²) < 4.78 is 0. The number of carboxylic acid groups (broad SMARTS) is 1. The van der Waals surface area contributed by atoms with E-state index in [0.29, 0.717) is 0 Å². The van der Waals surface area contributed by atoms with E-state index in [4.69, 9.17) is 5.11 Å². The minimum absolute atomic E-state index is 0.0835. The summed E-state index contributed by atoms with van der Waals surface area (Å²) in [7, 11) is 0. The molecule has 1 N–H and O–H groups in total. The molecule has 0 amide bonds. The van der Waals surface area contributed by atoms with Crippen LogP contribution in [0, 0.1) is 0 Å². The highest BCUT2D eigenvalue weighted by Gasteiger charge is 2.02. The lowest BCUT2D eigenvalue weighted by molar-refractivity contribution is 0.0690. The van der Waals surface area contributed by atoms with Gasteiger partial charge in [-0.05, 0) is 12.1 Å². The van der Waals surface area contributed by atoms with Gasteiger partial charge in [0.15, 0.2) is 0 Å². The van der Waals surface area contributed by atoms with Crippen molar-refractivity contribution >= 4 is 17.7 Å². The monoisotopic (exact) mass is 164 g/mol. The van der Waals surface area contributed by atoms with Crippen molar-refractivity contribution in [3.05, 3.63) is 24.0 Å². The second-order valence-corrected chi connectivity index (χ2v) is 1.91. The molecule has 1 aromatic rings. The van der Waals surface area contributed by atoms with Gasteiger partial charge in [-0.15, -0.1) is 0 Å². The van der Waals surface area contributed by atoms with Crippen LogP contribution in [0.1, 0.15) is 10.5 Å². The van der Waals surface area contributed by atoms with E-state index in [1.54, 1.807) is 0 Å². The Morgan fingerprint density at radius 2 is 2.33 bits per heavy atom. The van der Waals surface area contributed by atoms with Gasteiger partial charge in [-0.2, -0.15) is 4.99 Å². The number of aromatic nitrogens is 1. The Morgan fingerprint density at radius 1 is 1.58 bits per heavy atom. The van der Waals surface area contributed by atoms with Gasteiger partial charge in [0.1, 0.15) is 5.69 Å². The molecule has 60 valence electrons. The molecule has 0 aliphatic rings. The molecule has 5 nitrogen and oxygen atoms in total. The number of isocyanates is 1. The van der Waals surface area contributed by atoms with Crippen molar-refractivity contribution in [2.45, 2.75) is 0 Å². The number of carbonyl (C=O) groups is 1. The number of carboxylic acids is 1. The number of carbonyl (C=O) groups excluding carboxylic acids is 1. The fraction of sp³-hybridized carbons (Fsp3) is 0. The summed E-state index contributed by atoms with van der Waals surface area (Å²) in [5.74, 6) is -1.11. The van der Waals surface area contributed by atoms with Crippen molar-refractivity contribution in [1.82, 2.24) is 4.98 Å². The van der Waals surface area contributed by atoms with Crippen LogP contribution in [0.25, 0.3) is 0 Å². The lowest BCUT2D eigenvalue weighted by Crippen LogP contribution is -1.98. The van der Waals surface area contributed by atoms with Gasteiger partial charge >= 0.3 is 5.97 Å². The number of hydrogen-bond donors (Lipinski definition) is 1. The molecule has 1 heterocycles. The van der Waals surface area contributed by atoms with E-state index in [1.807, 2.05) is 0 Å². The van der Waals surface area contributed by atoms with Crippen LogP contribution in [0.4, 0.5) is 5.69 Å². The number of hydrogen-bond acceptors (Lipinski definition) is 4. The summed E-state index contributed by atoms with van der Waals surface area (Å²) in [6, 6.07) is 2.64. The van der Waals surface area contributed by atoms with Crippen LogP contribution >= 0.6 is 0 Å². The zero-order chi connectivity index (χ0) is 8.97. The van der Waals surface area contributed by atoms with Gasteiger partial charge in [0, 0.05) is 0 Å². The van der Waals surface area contributed by atoms with Crippen LogP contribution in [0.3, 0.4) is 0 Å². The first-order valence-electron chi connectivity index (χ1n) is 3.01. The maximum atomic E-state index is 10.3. The van der Waals surface area contributed by atoms with Gasteiger partial charge in [-0.3, -0.25) is 0 Å². The first-order valence-corrected chi connectivity index (χ1v) is 3.01. The number of rotatable bonds is 2. The zero-order valence-corrected chi connectivity index (χ0v) is 5.89. The summed E-state index contributed by atoms with van der Waals surface area (Å²) >= 11 is 0. The van der Waals surface area contributed by atoms with Gasteiger partial charge in [-0.1, -0.05) is 0 Å². The largest absolute Gasteiger partial charge is 0.477 e. The summed E-state index contributed by atoms with van der Waals surface area (Å²) in [5, 5.41) is 8.44. The third kappa shape index (κ3) is 1.74. The molecule has 0 unspecified atom stereocenters. The lowest BCUT2D eigenvalue weighted by atomic mass is 10.3. The molecular weight excluding hydrogens is 160 g/mol. The first kappa shape index (κ1) is 8.10. The van der Waals surface area contributed by atoms with E-state index in [1.165, 1.54) is 24.4 Å². The number of pyridine rings is 1. The highest BCUT2D eigenvalue weighted by molar-refractivity contribution is 5.85. The highest BCUT2D eigenvalue weighted by atomic mass is 16.4. The summed E-state index contributed by atoms with van der Waals surface area (Å²) in [6.45, 7) is 0. The molecule has 0 saturated heterocycles. The van der Waals surface area contributed by atoms with E-state index in [9.17, 15) is 9.59 Å². The molecule has 0 aliphatic carbocycles. The SMILES string of the molecule is O=C=Nc1ccc(C(=O)O)nc1. The molecule has 0 atom stereocenters. The molecule has 0 fully saturated rings. The first-order chi connectivity index (χ1) is 5.74. The predicted molar refractivity (Wildman–Crippen MR) is 39.0 cm³/mol. The highest BCUT2D eigenvalue weighted by Crippen LogP contribution is 2.08. The molecule has 0 radical (unpaired) electrons. The van der Waals surface area contributed by atoms with E-state index < -0.39 is 5.97 Å². The Bertz CT molecular complexity index is 317. The Balaban J connectivity index is 3.00. The molecule has 12 heavy (non-hydrogen) atoms. The topological polar surface area (TPSA) is 79.6 Å². The Morgan fingerprint density at radius 3 is 2.75 bits per heavy atom. The fourth-order valence-corrected chi connectivity index (χ4v) is 0.631. The van der Waals surface area contributed by atoms with Gasteiger partial charge in [-0.25, -0.2) is 14.6 Å². The quantitative estimate of drug-likeness (QED) is 0.516. The van der Waals surface area contributed by atoms with Crippen LogP contribution in [-0.4, -0.2) is 22.1 Å². The second-order valence-electron chi connectivity index (χ2n) is 1.91.